The molecule has 2 bridgehead atoms. The number of fused-ring (bicyclic) bond motifs is 2. The average molecular weight is 354 g/mol. The van der Waals surface area contributed by atoms with E-state index in [0.717, 1.165) is 0 Å². The first-order valence-corrected chi connectivity index (χ1v) is 8.73. The van der Waals surface area contributed by atoms with Gasteiger partial charge < -0.3 is 18.9 Å². The van der Waals surface area contributed by atoms with Crippen molar-refractivity contribution >= 4 is 17.7 Å². The largest absolute Gasteiger partial charge is 0.462 e. The molecule has 1 aliphatic carbocycles. The summed E-state index contributed by atoms with van der Waals surface area (Å²) in [6, 6.07) is 0. The first kappa shape index (κ1) is 18.3. The Morgan fingerprint density at radius 1 is 1.20 bits per heavy atom. The van der Waals surface area contributed by atoms with Crippen LogP contribution < -0.4 is 0 Å². The molecule has 0 spiro atoms. The summed E-state index contributed by atoms with van der Waals surface area (Å²) >= 11 is 0. The molecular formula is C18H26O7. The molecule has 2 aliphatic heterocycles. The van der Waals surface area contributed by atoms with Gasteiger partial charge in [0.1, 0.15) is 17.1 Å². The molecule has 2 saturated heterocycles. The van der Waals surface area contributed by atoms with Crippen LogP contribution in [0.3, 0.4) is 0 Å². The maximum atomic E-state index is 13.1. The predicted octanol–water partition coefficient (Wildman–Crippen LogP) is 1.76. The quantitative estimate of drug-likeness (QED) is 0.551. The second-order valence-electron chi connectivity index (χ2n) is 8.53. The van der Waals surface area contributed by atoms with Gasteiger partial charge >= 0.3 is 11.9 Å². The topological polar surface area (TPSA) is 88.1 Å². The highest BCUT2D eigenvalue weighted by Gasteiger charge is 2.66. The average Bonchev–Trinajstić information content (AvgIpc) is 2.80. The van der Waals surface area contributed by atoms with Crippen LogP contribution in [0, 0.1) is 11.3 Å². The Bertz CT molecular complexity index is 603. The summed E-state index contributed by atoms with van der Waals surface area (Å²) < 4.78 is 22.6. The van der Waals surface area contributed by atoms with Crippen LogP contribution in [0.4, 0.5) is 0 Å². The molecule has 1 saturated carbocycles. The Morgan fingerprint density at radius 3 is 2.44 bits per heavy atom. The number of rotatable bonds is 2. The standard InChI is InChI=1S/C18H26O7/c1-16(2,3)25-15(21)18-8-13(20)23-10(6-7-12(18)19)14(18)11-9-22-17(4,5)24-11/h10-11,14H,6-9H2,1-5H3/t10-,11+,14-,18-/m0/s1. The van der Waals surface area contributed by atoms with Gasteiger partial charge in [0.25, 0.3) is 0 Å². The molecule has 25 heavy (non-hydrogen) atoms. The maximum Gasteiger partial charge on any atom is 0.321 e. The zero-order chi connectivity index (χ0) is 18.6. The second kappa shape index (κ2) is 5.77. The number of carbonyl (C=O) groups excluding carboxylic acids is 3. The van der Waals surface area contributed by atoms with Crippen LogP contribution in [0.15, 0.2) is 0 Å². The molecule has 0 unspecified atom stereocenters. The Labute approximate surface area is 147 Å². The minimum atomic E-state index is -1.56. The van der Waals surface area contributed by atoms with E-state index in [1.807, 2.05) is 0 Å². The van der Waals surface area contributed by atoms with Gasteiger partial charge in [-0.3, -0.25) is 14.4 Å². The zero-order valence-corrected chi connectivity index (χ0v) is 15.4. The number of hydrogen-bond acceptors (Lipinski definition) is 7. The van der Waals surface area contributed by atoms with Gasteiger partial charge in [0.2, 0.25) is 0 Å². The van der Waals surface area contributed by atoms with Gasteiger partial charge in [0.05, 0.1) is 19.1 Å². The number of esters is 2. The van der Waals surface area contributed by atoms with E-state index in [1.165, 1.54) is 0 Å². The molecule has 0 aromatic carbocycles. The van der Waals surface area contributed by atoms with E-state index < -0.39 is 46.9 Å². The van der Waals surface area contributed by atoms with E-state index in [0.29, 0.717) is 6.42 Å². The summed E-state index contributed by atoms with van der Waals surface area (Å²) in [7, 11) is 0. The van der Waals surface area contributed by atoms with E-state index in [1.54, 1.807) is 34.6 Å². The lowest BCUT2D eigenvalue weighted by atomic mass is 9.59. The predicted molar refractivity (Wildman–Crippen MR) is 85.4 cm³/mol. The van der Waals surface area contributed by atoms with Gasteiger partial charge in [-0.25, -0.2) is 0 Å². The van der Waals surface area contributed by atoms with E-state index in [-0.39, 0.29) is 25.2 Å². The highest BCUT2D eigenvalue weighted by atomic mass is 16.7. The lowest BCUT2D eigenvalue weighted by molar-refractivity contribution is -0.216. The van der Waals surface area contributed by atoms with Crippen molar-refractivity contribution in [1.82, 2.24) is 0 Å². The fourth-order valence-corrected chi connectivity index (χ4v) is 4.11. The maximum absolute atomic E-state index is 13.1. The molecule has 140 valence electrons. The molecule has 0 N–H and O–H groups in total. The smallest absolute Gasteiger partial charge is 0.321 e. The van der Waals surface area contributed by atoms with Gasteiger partial charge in [-0.2, -0.15) is 0 Å². The first-order valence-electron chi connectivity index (χ1n) is 8.73. The molecule has 3 fully saturated rings. The molecule has 0 aromatic rings. The van der Waals surface area contributed by atoms with E-state index in [2.05, 4.69) is 0 Å². The van der Waals surface area contributed by atoms with Crippen molar-refractivity contribution < 1.29 is 33.3 Å². The number of ketones is 1. The van der Waals surface area contributed by atoms with Crippen LogP contribution >= 0.6 is 0 Å². The summed E-state index contributed by atoms with van der Waals surface area (Å²) in [4.78, 5) is 38.1. The van der Waals surface area contributed by atoms with Gasteiger partial charge in [-0.05, 0) is 41.0 Å². The molecule has 2 heterocycles. The fourth-order valence-electron chi connectivity index (χ4n) is 4.11. The van der Waals surface area contributed by atoms with E-state index in [4.69, 9.17) is 18.9 Å². The summed E-state index contributed by atoms with van der Waals surface area (Å²) in [6.07, 6.45) is -0.786. The van der Waals surface area contributed by atoms with Crippen molar-refractivity contribution in [3.05, 3.63) is 0 Å². The molecule has 0 radical (unpaired) electrons. The van der Waals surface area contributed by atoms with Crippen LogP contribution in [-0.4, -0.2) is 47.9 Å². The Kier molecular flexibility index (Phi) is 4.23. The molecule has 3 aliphatic rings. The van der Waals surface area contributed by atoms with Crippen molar-refractivity contribution in [2.75, 3.05) is 6.61 Å². The van der Waals surface area contributed by atoms with Gasteiger partial charge in [0.15, 0.2) is 11.6 Å². The molecule has 0 aromatic heterocycles. The lowest BCUT2D eigenvalue weighted by Gasteiger charge is -2.49. The molecule has 3 rings (SSSR count). The van der Waals surface area contributed by atoms with Gasteiger partial charge in [-0.15, -0.1) is 0 Å². The number of ether oxygens (including phenoxy) is 4. The SMILES string of the molecule is CC(C)(C)OC(=O)[C@@]12CC(=O)O[C@@H](CCC1=O)[C@H]2[C@H]1COC(C)(C)O1. The van der Waals surface area contributed by atoms with Gasteiger partial charge in [0, 0.05) is 12.3 Å². The summed E-state index contributed by atoms with van der Waals surface area (Å²) in [6.45, 7) is 9.00. The highest BCUT2D eigenvalue weighted by Crippen LogP contribution is 2.51. The van der Waals surface area contributed by atoms with Crippen LogP contribution in [-0.2, 0) is 33.3 Å². The third kappa shape index (κ3) is 3.19. The van der Waals surface area contributed by atoms with Crippen molar-refractivity contribution in [2.45, 2.75) is 77.5 Å². The third-order valence-electron chi connectivity index (χ3n) is 5.02. The van der Waals surface area contributed by atoms with Crippen LogP contribution in [0.2, 0.25) is 0 Å². The number of carbonyl (C=O) groups is 3. The second-order valence-corrected chi connectivity index (χ2v) is 8.53. The minimum Gasteiger partial charge on any atom is -0.462 e. The van der Waals surface area contributed by atoms with E-state index in [9.17, 15) is 14.4 Å². The lowest BCUT2D eigenvalue weighted by Crippen LogP contribution is -2.63. The number of Topliss-reactive ketones (excluding diaryl/α,β-unsaturated/α-hetero) is 1. The zero-order valence-electron chi connectivity index (χ0n) is 15.4. The Hall–Kier alpha value is -1.47. The van der Waals surface area contributed by atoms with E-state index >= 15 is 0 Å². The molecule has 7 nitrogen and oxygen atoms in total. The van der Waals surface area contributed by atoms with Crippen LogP contribution in [0.1, 0.15) is 53.9 Å². The first-order chi connectivity index (χ1) is 11.4. The molecule has 7 heteroatoms. The van der Waals surface area contributed by atoms with Crippen molar-refractivity contribution in [1.29, 1.82) is 0 Å². The monoisotopic (exact) mass is 354 g/mol. The highest BCUT2D eigenvalue weighted by molar-refractivity contribution is 6.08. The number of hydrogen-bond donors (Lipinski definition) is 0. The minimum absolute atomic E-state index is 0.185. The fraction of sp³-hybridized carbons (Fsp3) is 0.833. The third-order valence-corrected chi connectivity index (χ3v) is 5.02. The molecule has 4 atom stereocenters. The Morgan fingerprint density at radius 2 is 1.88 bits per heavy atom. The van der Waals surface area contributed by atoms with Crippen LogP contribution in [0.25, 0.3) is 0 Å². The normalized spacial score (nSPS) is 37.6. The van der Waals surface area contributed by atoms with Crippen LogP contribution in [0.5, 0.6) is 0 Å². The molecular weight excluding hydrogens is 328 g/mol. The Balaban J connectivity index is 2.02. The molecule has 0 amide bonds. The van der Waals surface area contributed by atoms with Gasteiger partial charge in [-0.1, -0.05) is 0 Å². The van der Waals surface area contributed by atoms with Crippen molar-refractivity contribution in [3.63, 3.8) is 0 Å². The summed E-state index contributed by atoms with van der Waals surface area (Å²) in [5.41, 5.74) is -2.32. The van der Waals surface area contributed by atoms with Crippen molar-refractivity contribution in [3.8, 4) is 0 Å². The summed E-state index contributed by atoms with van der Waals surface area (Å²) in [5, 5.41) is 0. The summed E-state index contributed by atoms with van der Waals surface area (Å²) in [5.74, 6) is -2.88. The van der Waals surface area contributed by atoms with Crippen molar-refractivity contribution in [2.24, 2.45) is 11.3 Å².